The molecule has 0 aromatic carbocycles. The first-order valence-corrected chi connectivity index (χ1v) is 6.04. The predicted molar refractivity (Wildman–Crippen MR) is 66.0 cm³/mol. The standard InChI is InChI=1S/C12H15F4N3O/c1-3-17-10-9(5-8(13)6-18-10)11(20)19(4-2)7-12(14,15)16/h5-6H,3-4,7H2,1-2H3,(H,17,18). The third-order valence-electron chi connectivity index (χ3n) is 2.47. The van der Waals surface area contributed by atoms with E-state index in [-0.39, 0.29) is 17.9 Å². The Kier molecular flexibility index (Phi) is 5.29. The van der Waals surface area contributed by atoms with Crippen LogP contribution < -0.4 is 5.32 Å². The number of pyridine rings is 1. The zero-order chi connectivity index (χ0) is 15.3. The zero-order valence-electron chi connectivity index (χ0n) is 11.1. The summed E-state index contributed by atoms with van der Waals surface area (Å²) in [6.07, 6.45) is -3.61. The lowest BCUT2D eigenvalue weighted by molar-refractivity contribution is -0.140. The van der Waals surface area contributed by atoms with Crippen LogP contribution in [0, 0.1) is 5.82 Å². The Morgan fingerprint density at radius 1 is 1.40 bits per heavy atom. The SMILES string of the molecule is CCNc1ncc(F)cc1C(=O)N(CC)CC(F)(F)F. The second kappa shape index (κ2) is 6.53. The van der Waals surface area contributed by atoms with Crippen molar-refractivity contribution in [3.05, 3.63) is 23.6 Å². The van der Waals surface area contributed by atoms with Crippen LogP contribution in [0.1, 0.15) is 24.2 Å². The number of rotatable bonds is 5. The smallest absolute Gasteiger partial charge is 0.370 e. The summed E-state index contributed by atoms with van der Waals surface area (Å²) in [6, 6.07) is 0.881. The molecule has 0 aliphatic rings. The minimum absolute atomic E-state index is 0.0690. The van der Waals surface area contributed by atoms with E-state index in [1.54, 1.807) is 6.92 Å². The molecule has 1 rings (SSSR count). The van der Waals surface area contributed by atoms with Gasteiger partial charge >= 0.3 is 6.18 Å². The minimum atomic E-state index is -4.51. The molecule has 112 valence electrons. The molecule has 0 fully saturated rings. The van der Waals surface area contributed by atoms with Gasteiger partial charge in [-0.1, -0.05) is 0 Å². The Balaban J connectivity index is 3.08. The number of nitrogens with one attached hydrogen (secondary N) is 1. The van der Waals surface area contributed by atoms with Gasteiger partial charge in [-0.2, -0.15) is 13.2 Å². The van der Waals surface area contributed by atoms with Gasteiger partial charge < -0.3 is 10.2 Å². The lowest BCUT2D eigenvalue weighted by Crippen LogP contribution is -2.39. The molecular weight excluding hydrogens is 278 g/mol. The first kappa shape index (κ1) is 16.2. The van der Waals surface area contributed by atoms with Crippen LogP contribution in [-0.2, 0) is 0 Å². The van der Waals surface area contributed by atoms with Crippen LogP contribution in [0.5, 0.6) is 0 Å². The molecule has 0 saturated carbocycles. The number of hydrogen-bond donors (Lipinski definition) is 1. The van der Waals surface area contributed by atoms with Gasteiger partial charge in [0.1, 0.15) is 18.2 Å². The van der Waals surface area contributed by atoms with E-state index in [0.717, 1.165) is 12.3 Å². The monoisotopic (exact) mass is 293 g/mol. The molecule has 0 bridgehead atoms. The van der Waals surface area contributed by atoms with Crippen LogP contribution >= 0.6 is 0 Å². The Morgan fingerprint density at radius 2 is 2.05 bits per heavy atom. The maximum atomic E-state index is 13.2. The molecule has 1 aromatic heterocycles. The first-order chi connectivity index (χ1) is 9.28. The van der Waals surface area contributed by atoms with Crippen molar-refractivity contribution >= 4 is 11.7 Å². The van der Waals surface area contributed by atoms with Gasteiger partial charge in [-0.25, -0.2) is 9.37 Å². The lowest BCUT2D eigenvalue weighted by Gasteiger charge is -2.23. The lowest BCUT2D eigenvalue weighted by atomic mass is 10.2. The van der Waals surface area contributed by atoms with E-state index in [9.17, 15) is 22.4 Å². The zero-order valence-corrected chi connectivity index (χ0v) is 11.1. The topological polar surface area (TPSA) is 45.2 Å². The number of carbonyl (C=O) groups excluding carboxylic acids is 1. The first-order valence-electron chi connectivity index (χ1n) is 6.04. The van der Waals surface area contributed by atoms with Crippen LogP contribution in [-0.4, -0.2) is 41.6 Å². The molecule has 1 heterocycles. The summed E-state index contributed by atoms with van der Waals surface area (Å²) in [5, 5.41) is 2.72. The summed E-state index contributed by atoms with van der Waals surface area (Å²) in [7, 11) is 0. The van der Waals surface area contributed by atoms with Crippen molar-refractivity contribution < 1.29 is 22.4 Å². The third kappa shape index (κ3) is 4.36. The summed E-state index contributed by atoms with van der Waals surface area (Å²) in [5.41, 5.74) is -0.210. The fraction of sp³-hybridized carbons (Fsp3) is 0.500. The minimum Gasteiger partial charge on any atom is -0.370 e. The largest absolute Gasteiger partial charge is 0.406 e. The number of nitrogens with zero attached hydrogens (tertiary/aromatic N) is 2. The molecule has 1 aromatic rings. The molecule has 0 aliphatic carbocycles. The van der Waals surface area contributed by atoms with Crippen LogP contribution in [0.15, 0.2) is 12.3 Å². The summed E-state index contributed by atoms with van der Waals surface area (Å²) in [4.78, 5) is 16.4. The van der Waals surface area contributed by atoms with E-state index in [2.05, 4.69) is 10.3 Å². The summed E-state index contributed by atoms with van der Waals surface area (Å²) in [6.45, 7) is 2.03. The number of alkyl halides is 3. The highest BCUT2D eigenvalue weighted by atomic mass is 19.4. The van der Waals surface area contributed by atoms with Crippen LogP contribution in [0.4, 0.5) is 23.4 Å². The van der Waals surface area contributed by atoms with Gasteiger partial charge in [-0.3, -0.25) is 4.79 Å². The van der Waals surface area contributed by atoms with E-state index in [1.807, 2.05) is 0 Å². The van der Waals surface area contributed by atoms with Gasteiger partial charge in [-0.05, 0) is 19.9 Å². The van der Waals surface area contributed by atoms with Gasteiger partial charge in [-0.15, -0.1) is 0 Å². The quantitative estimate of drug-likeness (QED) is 0.849. The number of anilines is 1. The van der Waals surface area contributed by atoms with Crippen molar-refractivity contribution in [1.82, 2.24) is 9.88 Å². The molecule has 0 radical (unpaired) electrons. The van der Waals surface area contributed by atoms with Crippen molar-refractivity contribution in [1.29, 1.82) is 0 Å². The number of amides is 1. The van der Waals surface area contributed by atoms with E-state index >= 15 is 0 Å². The van der Waals surface area contributed by atoms with Crippen molar-refractivity contribution in [2.24, 2.45) is 0 Å². The average Bonchev–Trinajstić information content (AvgIpc) is 2.36. The Bertz CT molecular complexity index is 476. The molecule has 8 heteroatoms. The van der Waals surface area contributed by atoms with Gasteiger partial charge in [0.25, 0.3) is 5.91 Å². The number of hydrogen-bond acceptors (Lipinski definition) is 3. The van der Waals surface area contributed by atoms with Crippen LogP contribution in [0.2, 0.25) is 0 Å². The molecule has 0 spiro atoms. The van der Waals surface area contributed by atoms with E-state index in [4.69, 9.17) is 0 Å². The maximum absolute atomic E-state index is 13.2. The average molecular weight is 293 g/mol. The predicted octanol–water partition coefficient (Wildman–Crippen LogP) is 2.68. The molecule has 0 saturated heterocycles. The number of carbonyl (C=O) groups is 1. The fourth-order valence-corrected chi connectivity index (χ4v) is 1.62. The molecule has 20 heavy (non-hydrogen) atoms. The maximum Gasteiger partial charge on any atom is 0.406 e. The second-order valence-corrected chi connectivity index (χ2v) is 4.01. The molecule has 0 atom stereocenters. The Hall–Kier alpha value is -1.86. The molecule has 0 unspecified atom stereocenters. The highest BCUT2D eigenvalue weighted by Gasteiger charge is 2.33. The molecule has 1 N–H and O–H groups in total. The van der Waals surface area contributed by atoms with E-state index < -0.39 is 24.4 Å². The second-order valence-electron chi connectivity index (χ2n) is 4.01. The van der Waals surface area contributed by atoms with E-state index in [1.165, 1.54) is 6.92 Å². The number of aromatic nitrogens is 1. The molecule has 1 amide bonds. The molecule has 0 aliphatic heterocycles. The highest BCUT2D eigenvalue weighted by Crippen LogP contribution is 2.21. The van der Waals surface area contributed by atoms with Gasteiger partial charge in [0, 0.05) is 13.1 Å². The van der Waals surface area contributed by atoms with Gasteiger partial charge in [0.2, 0.25) is 0 Å². The van der Waals surface area contributed by atoms with Crippen LogP contribution in [0.3, 0.4) is 0 Å². The van der Waals surface area contributed by atoms with Crippen molar-refractivity contribution in [2.45, 2.75) is 20.0 Å². The van der Waals surface area contributed by atoms with Crippen molar-refractivity contribution in [3.8, 4) is 0 Å². The van der Waals surface area contributed by atoms with Gasteiger partial charge in [0.15, 0.2) is 0 Å². The summed E-state index contributed by atoms with van der Waals surface area (Å²) < 4.78 is 50.4. The molecular formula is C12H15F4N3O. The highest BCUT2D eigenvalue weighted by molar-refractivity contribution is 5.98. The van der Waals surface area contributed by atoms with Gasteiger partial charge in [0.05, 0.1) is 11.8 Å². The molecule has 4 nitrogen and oxygen atoms in total. The Morgan fingerprint density at radius 3 is 2.55 bits per heavy atom. The fourth-order valence-electron chi connectivity index (χ4n) is 1.62. The summed E-state index contributed by atoms with van der Waals surface area (Å²) in [5.74, 6) is -1.62. The van der Waals surface area contributed by atoms with E-state index in [0.29, 0.717) is 11.4 Å². The normalized spacial score (nSPS) is 11.3. The van der Waals surface area contributed by atoms with Crippen LogP contribution in [0.25, 0.3) is 0 Å². The van der Waals surface area contributed by atoms with Crippen molar-refractivity contribution in [3.63, 3.8) is 0 Å². The van der Waals surface area contributed by atoms with Crippen molar-refractivity contribution in [2.75, 3.05) is 25.0 Å². The summed E-state index contributed by atoms with van der Waals surface area (Å²) >= 11 is 0. The Labute approximate surface area is 113 Å². The third-order valence-corrected chi connectivity index (χ3v) is 2.47. The number of halogens is 4.